The van der Waals surface area contributed by atoms with Gasteiger partial charge in [0, 0.05) is 17.6 Å². The van der Waals surface area contributed by atoms with Gasteiger partial charge in [0.15, 0.2) is 9.84 Å². The molecule has 102 valence electrons. The van der Waals surface area contributed by atoms with Crippen LogP contribution in [0.1, 0.15) is 26.3 Å². The van der Waals surface area contributed by atoms with Crippen LogP contribution in [-0.2, 0) is 16.4 Å². The lowest BCUT2D eigenvalue weighted by molar-refractivity contribution is 0.556. The molecule has 0 amide bonds. The lowest BCUT2D eigenvalue weighted by atomic mass is 10.2. The molecule has 0 fully saturated rings. The Kier molecular flexibility index (Phi) is 5.37. The minimum atomic E-state index is -3.04. The standard InChI is InChI=1S/C13H20BrNO2S/c1-13(2,3)18(16,17)9-8-15-10-11-6-4-5-7-12(11)14/h4-7,15H,8-10H2,1-3H3. The maximum Gasteiger partial charge on any atom is 0.156 e. The molecule has 0 spiro atoms. The number of nitrogens with one attached hydrogen (secondary N) is 1. The summed E-state index contributed by atoms with van der Waals surface area (Å²) in [6.45, 7) is 6.34. The predicted molar refractivity (Wildman–Crippen MR) is 79.4 cm³/mol. The first kappa shape index (κ1) is 15.7. The van der Waals surface area contributed by atoms with Gasteiger partial charge in [0.25, 0.3) is 0 Å². The lowest BCUT2D eigenvalue weighted by Gasteiger charge is -2.19. The molecule has 1 N–H and O–H groups in total. The Bertz CT molecular complexity index is 492. The Labute approximate surface area is 118 Å². The smallest absolute Gasteiger partial charge is 0.156 e. The van der Waals surface area contributed by atoms with Crippen LogP contribution in [0.4, 0.5) is 0 Å². The second kappa shape index (κ2) is 6.17. The SMILES string of the molecule is CC(C)(C)S(=O)(=O)CCNCc1ccccc1Br. The van der Waals surface area contributed by atoms with Crippen LogP contribution in [0.5, 0.6) is 0 Å². The predicted octanol–water partition coefficient (Wildman–Crippen LogP) is 2.75. The minimum absolute atomic E-state index is 0.168. The maximum absolute atomic E-state index is 11.9. The summed E-state index contributed by atoms with van der Waals surface area (Å²) in [5.74, 6) is 0.168. The average Bonchev–Trinajstić information content (AvgIpc) is 2.25. The molecule has 1 aromatic rings. The molecule has 0 aromatic heterocycles. The normalized spacial score (nSPS) is 12.7. The van der Waals surface area contributed by atoms with E-state index in [4.69, 9.17) is 0 Å². The van der Waals surface area contributed by atoms with Crippen molar-refractivity contribution in [1.82, 2.24) is 5.32 Å². The third-order valence-corrected chi connectivity index (χ3v) is 6.14. The number of halogens is 1. The number of hydrogen-bond acceptors (Lipinski definition) is 3. The van der Waals surface area contributed by atoms with E-state index in [2.05, 4.69) is 21.2 Å². The van der Waals surface area contributed by atoms with Crippen LogP contribution in [0.25, 0.3) is 0 Å². The van der Waals surface area contributed by atoms with Gasteiger partial charge in [0.1, 0.15) is 0 Å². The first-order valence-electron chi connectivity index (χ1n) is 5.90. The van der Waals surface area contributed by atoms with Gasteiger partial charge in [-0.15, -0.1) is 0 Å². The van der Waals surface area contributed by atoms with Crippen molar-refractivity contribution in [2.75, 3.05) is 12.3 Å². The van der Waals surface area contributed by atoms with Crippen LogP contribution < -0.4 is 5.32 Å². The molecular formula is C13H20BrNO2S. The van der Waals surface area contributed by atoms with Gasteiger partial charge in [0.2, 0.25) is 0 Å². The molecule has 0 atom stereocenters. The molecule has 5 heteroatoms. The van der Waals surface area contributed by atoms with Gasteiger partial charge in [-0.25, -0.2) is 8.42 Å². The minimum Gasteiger partial charge on any atom is -0.312 e. The van der Waals surface area contributed by atoms with Gasteiger partial charge in [0.05, 0.1) is 10.5 Å². The molecule has 0 radical (unpaired) electrons. The molecule has 18 heavy (non-hydrogen) atoms. The summed E-state index contributed by atoms with van der Waals surface area (Å²) in [5, 5.41) is 3.16. The van der Waals surface area contributed by atoms with Gasteiger partial charge >= 0.3 is 0 Å². The van der Waals surface area contributed by atoms with E-state index in [0.29, 0.717) is 13.1 Å². The number of sulfone groups is 1. The summed E-state index contributed by atoms with van der Waals surface area (Å²) in [7, 11) is -3.04. The highest BCUT2D eigenvalue weighted by Crippen LogP contribution is 2.16. The van der Waals surface area contributed by atoms with E-state index in [0.717, 1.165) is 10.0 Å². The van der Waals surface area contributed by atoms with E-state index < -0.39 is 14.6 Å². The van der Waals surface area contributed by atoms with Gasteiger partial charge in [-0.05, 0) is 32.4 Å². The highest BCUT2D eigenvalue weighted by Gasteiger charge is 2.27. The molecule has 1 rings (SSSR count). The first-order chi connectivity index (χ1) is 8.24. The maximum atomic E-state index is 11.9. The van der Waals surface area contributed by atoms with Crippen molar-refractivity contribution in [2.24, 2.45) is 0 Å². The van der Waals surface area contributed by atoms with E-state index in [-0.39, 0.29) is 5.75 Å². The van der Waals surface area contributed by atoms with Gasteiger partial charge in [-0.3, -0.25) is 0 Å². The van der Waals surface area contributed by atoms with E-state index >= 15 is 0 Å². The highest BCUT2D eigenvalue weighted by molar-refractivity contribution is 9.10. The summed E-state index contributed by atoms with van der Waals surface area (Å²) in [4.78, 5) is 0. The molecule has 0 saturated heterocycles. The number of rotatable bonds is 5. The van der Waals surface area contributed by atoms with Crippen molar-refractivity contribution in [3.63, 3.8) is 0 Å². The van der Waals surface area contributed by atoms with Crippen LogP contribution in [0.2, 0.25) is 0 Å². The van der Waals surface area contributed by atoms with Crippen molar-refractivity contribution in [3.05, 3.63) is 34.3 Å². The van der Waals surface area contributed by atoms with Crippen LogP contribution >= 0.6 is 15.9 Å². The first-order valence-corrected chi connectivity index (χ1v) is 8.35. The van der Waals surface area contributed by atoms with Crippen molar-refractivity contribution in [3.8, 4) is 0 Å². The number of hydrogen-bond donors (Lipinski definition) is 1. The van der Waals surface area contributed by atoms with E-state index in [9.17, 15) is 8.42 Å². The van der Waals surface area contributed by atoms with Crippen molar-refractivity contribution in [2.45, 2.75) is 32.1 Å². The summed E-state index contributed by atoms with van der Waals surface area (Å²) in [6, 6.07) is 7.91. The second-order valence-corrected chi connectivity index (χ2v) is 8.92. The van der Waals surface area contributed by atoms with Crippen LogP contribution in [0.15, 0.2) is 28.7 Å². The lowest BCUT2D eigenvalue weighted by Crippen LogP contribution is -2.34. The summed E-state index contributed by atoms with van der Waals surface area (Å²) >= 11 is 3.46. The van der Waals surface area contributed by atoms with E-state index in [1.54, 1.807) is 20.8 Å². The Balaban J connectivity index is 2.43. The van der Waals surface area contributed by atoms with Gasteiger partial charge in [-0.2, -0.15) is 0 Å². The summed E-state index contributed by atoms with van der Waals surface area (Å²) in [6.07, 6.45) is 0. The molecule has 0 aliphatic rings. The fourth-order valence-electron chi connectivity index (χ4n) is 1.38. The van der Waals surface area contributed by atoms with Gasteiger partial charge < -0.3 is 5.32 Å². The Hall–Kier alpha value is -0.390. The largest absolute Gasteiger partial charge is 0.312 e. The zero-order chi connectivity index (χ0) is 13.8. The third kappa shape index (κ3) is 4.37. The van der Waals surface area contributed by atoms with Crippen molar-refractivity contribution < 1.29 is 8.42 Å². The number of benzene rings is 1. The van der Waals surface area contributed by atoms with Crippen molar-refractivity contribution in [1.29, 1.82) is 0 Å². The van der Waals surface area contributed by atoms with Gasteiger partial charge in [-0.1, -0.05) is 34.1 Å². The molecule has 0 heterocycles. The van der Waals surface area contributed by atoms with Crippen LogP contribution in [-0.4, -0.2) is 25.5 Å². The van der Waals surface area contributed by atoms with Crippen molar-refractivity contribution >= 4 is 25.8 Å². The molecule has 0 unspecified atom stereocenters. The van der Waals surface area contributed by atoms with Crippen LogP contribution in [0.3, 0.4) is 0 Å². The van der Waals surface area contributed by atoms with E-state index in [1.165, 1.54) is 0 Å². The molecule has 0 bridgehead atoms. The second-order valence-electron chi connectivity index (χ2n) is 5.20. The monoisotopic (exact) mass is 333 g/mol. The topological polar surface area (TPSA) is 46.2 Å². The Morgan fingerprint density at radius 2 is 1.83 bits per heavy atom. The molecule has 3 nitrogen and oxygen atoms in total. The average molecular weight is 334 g/mol. The molecular weight excluding hydrogens is 314 g/mol. The zero-order valence-electron chi connectivity index (χ0n) is 11.0. The van der Waals surface area contributed by atoms with Crippen LogP contribution in [0, 0.1) is 0 Å². The Morgan fingerprint density at radius 3 is 2.39 bits per heavy atom. The fraction of sp³-hybridized carbons (Fsp3) is 0.538. The van der Waals surface area contributed by atoms with E-state index in [1.807, 2.05) is 24.3 Å². The molecule has 0 aliphatic heterocycles. The fourth-order valence-corrected chi connectivity index (χ4v) is 2.83. The summed E-state index contributed by atoms with van der Waals surface area (Å²) in [5.41, 5.74) is 1.13. The molecule has 0 saturated carbocycles. The highest BCUT2D eigenvalue weighted by atomic mass is 79.9. The quantitative estimate of drug-likeness (QED) is 0.843. The molecule has 0 aliphatic carbocycles. The Morgan fingerprint density at radius 1 is 1.22 bits per heavy atom. The molecule has 1 aromatic carbocycles. The third-order valence-electron chi connectivity index (χ3n) is 2.75. The zero-order valence-corrected chi connectivity index (χ0v) is 13.4. The summed E-state index contributed by atoms with van der Waals surface area (Å²) < 4.78 is 24.1.